The summed E-state index contributed by atoms with van der Waals surface area (Å²) < 4.78 is 13.5. The van der Waals surface area contributed by atoms with Crippen molar-refractivity contribution in [2.45, 2.75) is 6.92 Å². The van der Waals surface area contributed by atoms with Gasteiger partial charge < -0.3 is 0 Å². The molecule has 0 bridgehead atoms. The van der Waals surface area contributed by atoms with E-state index in [2.05, 4.69) is 15.5 Å². The number of halogens is 1. The maximum atomic E-state index is 13.5. The molecule has 0 spiro atoms. The van der Waals surface area contributed by atoms with Gasteiger partial charge in [-0.2, -0.15) is 5.10 Å². The quantitative estimate of drug-likeness (QED) is 0.319. The molecule has 1 N–H and O–H groups in total. The predicted molar refractivity (Wildman–Crippen MR) is 115 cm³/mol. The first-order valence-electron chi connectivity index (χ1n) is 8.86. The molecule has 0 atom stereocenters. The van der Waals surface area contributed by atoms with E-state index in [1.807, 2.05) is 66.9 Å². The van der Waals surface area contributed by atoms with Crippen molar-refractivity contribution in [3.05, 3.63) is 95.1 Å². The van der Waals surface area contributed by atoms with Gasteiger partial charge in [0.1, 0.15) is 5.82 Å². The number of nitrogens with zero attached hydrogens (tertiary/aromatic N) is 2. The third kappa shape index (κ3) is 4.15. The van der Waals surface area contributed by atoms with Crippen LogP contribution in [0.25, 0.3) is 22.4 Å². The number of nitrogens with one attached hydrogen (secondary N) is 1. The van der Waals surface area contributed by atoms with E-state index in [1.165, 1.54) is 17.4 Å². The number of hydrogen-bond donors (Lipinski definition) is 1. The van der Waals surface area contributed by atoms with Gasteiger partial charge in [0, 0.05) is 10.9 Å². The Labute approximate surface area is 167 Å². The lowest BCUT2D eigenvalue weighted by Gasteiger charge is -2.06. The second-order valence-corrected chi connectivity index (χ2v) is 7.21. The van der Waals surface area contributed by atoms with E-state index in [4.69, 9.17) is 0 Å². The van der Waals surface area contributed by atoms with Crippen LogP contribution in [0.2, 0.25) is 0 Å². The Kier molecular flexibility index (Phi) is 5.26. The zero-order valence-corrected chi connectivity index (χ0v) is 16.1. The maximum absolute atomic E-state index is 13.5. The number of hydrogen-bond acceptors (Lipinski definition) is 4. The lowest BCUT2D eigenvalue weighted by Crippen LogP contribution is -1.91. The van der Waals surface area contributed by atoms with Crippen LogP contribution in [-0.2, 0) is 0 Å². The summed E-state index contributed by atoms with van der Waals surface area (Å²) in [6.07, 6.45) is 1.74. The zero-order valence-electron chi connectivity index (χ0n) is 15.3. The van der Waals surface area contributed by atoms with Gasteiger partial charge in [-0.05, 0) is 41.3 Å². The Bertz CT molecular complexity index is 1100. The first-order chi connectivity index (χ1) is 13.7. The minimum atomic E-state index is -0.228. The van der Waals surface area contributed by atoms with E-state index in [0.29, 0.717) is 0 Å². The fraction of sp³-hybridized carbons (Fsp3) is 0.0435. The van der Waals surface area contributed by atoms with Crippen LogP contribution >= 0.6 is 11.3 Å². The van der Waals surface area contributed by atoms with Crippen molar-refractivity contribution in [2.75, 3.05) is 5.43 Å². The first kappa shape index (κ1) is 18.1. The van der Waals surface area contributed by atoms with Crippen LogP contribution in [0, 0.1) is 12.7 Å². The van der Waals surface area contributed by atoms with E-state index in [0.717, 1.165) is 38.6 Å². The van der Waals surface area contributed by atoms with Crippen LogP contribution in [0.1, 0.15) is 11.1 Å². The summed E-state index contributed by atoms with van der Waals surface area (Å²) in [6, 6.07) is 22.7. The molecule has 1 heterocycles. The fourth-order valence-corrected chi connectivity index (χ4v) is 3.55. The summed E-state index contributed by atoms with van der Waals surface area (Å²) >= 11 is 1.51. The lowest BCUT2D eigenvalue weighted by molar-refractivity contribution is 0.628. The molecule has 0 amide bonds. The minimum Gasteiger partial charge on any atom is -0.253 e. The molecule has 4 aromatic rings. The highest BCUT2D eigenvalue weighted by molar-refractivity contribution is 7.14. The van der Waals surface area contributed by atoms with Gasteiger partial charge in [0.25, 0.3) is 0 Å². The number of thiazole rings is 1. The number of benzene rings is 3. The molecular formula is C23H18FN3S. The molecule has 0 aliphatic carbocycles. The number of rotatable bonds is 5. The van der Waals surface area contributed by atoms with Gasteiger partial charge in [-0.25, -0.2) is 9.37 Å². The van der Waals surface area contributed by atoms with Crippen LogP contribution in [0.5, 0.6) is 0 Å². The van der Waals surface area contributed by atoms with E-state index >= 15 is 0 Å². The summed E-state index contributed by atoms with van der Waals surface area (Å²) in [5.41, 5.74) is 8.86. The van der Waals surface area contributed by atoms with Crippen molar-refractivity contribution in [3.8, 4) is 22.4 Å². The Hall–Kier alpha value is -3.31. The molecule has 0 unspecified atom stereocenters. The van der Waals surface area contributed by atoms with Gasteiger partial charge in [0.15, 0.2) is 0 Å². The van der Waals surface area contributed by atoms with Crippen LogP contribution in [0.4, 0.5) is 9.52 Å². The van der Waals surface area contributed by atoms with Crippen molar-refractivity contribution in [1.82, 2.24) is 4.98 Å². The summed E-state index contributed by atoms with van der Waals surface area (Å²) in [5.74, 6) is -0.228. The van der Waals surface area contributed by atoms with Crippen molar-refractivity contribution in [1.29, 1.82) is 0 Å². The Morgan fingerprint density at radius 1 is 0.964 bits per heavy atom. The molecule has 0 aliphatic heterocycles. The van der Waals surface area contributed by atoms with Crippen molar-refractivity contribution in [2.24, 2.45) is 5.10 Å². The minimum absolute atomic E-state index is 0.228. The molecule has 0 fully saturated rings. The van der Waals surface area contributed by atoms with E-state index < -0.39 is 0 Å². The number of hydrazone groups is 1. The zero-order chi connectivity index (χ0) is 19.3. The van der Waals surface area contributed by atoms with Crippen LogP contribution in [0.15, 0.2) is 83.3 Å². The van der Waals surface area contributed by atoms with Crippen molar-refractivity contribution >= 4 is 22.7 Å². The third-order valence-corrected chi connectivity index (χ3v) is 5.12. The standard InChI is InChI=1S/C23H18FN3S/c1-16-7-12-20(24)13-21(16)18-10-8-17(9-11-18)14-25-27-23-26-22(15-28-23)19-5-3-2-4-6-19/h2-15H,1H3,(H,26,27). The molecular weight excluding hydrogens is 369 g/mol. The number of anilines is 1. The molecule has 4 rings (SSSR count). The van der Waals surface area contributed by atoms with Crippen LogP contribution in [0.3, 0.4) is 0 Å². The molecule has 28 heavy (non-hydrogen) atoms. The summed E-state index contributed by atoms with van der Waals surface area (Å²) in [5, 5.41) is 7.01. The van der Waals surface area contributed by atoms with Gasteiger partial charge in [-0.1, -0.05) is 60.7 Å². The van der Waals surface area contributed by atoms with Crippen molar-refractivity contribution < 1.29 is 4.39 Å². The second kappa shape index (κ2) is 8.15. The highest BCUT2D eigenvalue weighted by atomic mass is 32.1. The molecule has 0 aliphatic rings. The average Bonchev–Trinajstić information content (AvgIpc) is 3.20. The molecule has 1 aromatic heterocycles. The van der Waals surface area contributed by atoms with Gasteiger partial charge >= 0.3 is 0 Å². The first-order valence-corrected chi connectivity index (χ1v) is 9.73. The summed E-state index contributed by atoms with van der Waals surface area (Å²) in [4.78, 5) is 4.54. The summed E-state index contributed by atoms with van der Waals surface area (Å²) in [7, 11) is 0. The van der Waals surface area contributed by atoms with Gasteiger partial charge in [-0.3, -0.25) is 5.43 Å². The van der Waals surface area contributed by atoms with Gasteiger partial charge in [0.2, 0.25) is 5.13 Å². The largest absolute Gasteiger partial charge is 0.253 e. The highest BCUT2D eigenvalue weighted by Crippen LogP contribution is 2.25. The van der Waals surface area contributed by atoms with Gasteiger partial charge in [0.05, 0.1) is 11.9 Å². The molecule has 3 aromatic carbocycles. The SMILES string of the molecule is Cc1ccc(F)cc1-c1ccc(C=NNc2nc(-c3ccccc3)cs2)cc1. The van der Waals surface area contributed by atoms with Crippen LogP contribution in [-0.4, -0.2) is 11.2 Å². The van der Waals surface area contributed by atoms with Crippen molar-refractivity contribution in [3.63, 3.8) is 0 Å². The number of aryl methyl sites for hydroxylation is 1. The Morgan fingerprint density at radius 3 is 2.54 bits per heavy atom. The topological polar surface area (TPSA) is 37.3 Å². The smallest absolute Gasteiger partial charge is 0.203 e. The Morgan fingerprint density at radius 2 is 1.75 bits per heavy atom. The van der Waals surface area contributed by atoms with Gasteiger partial charge in [-0.15, -0.1) is 11.3 Å². The second-order valence-electron chi connectivity index (χ2n) is 6.36. The molecule has 0 radical (unpaired) electrons. The molecule has 138 valence electrons. The normalized spacial score (nSPS) is 11.1. The third-order valence-electron chi connectivity index (χ3n) is 4.37. The lowest BCUT2D eigenvalue weighted by atomic mass is 9.99. The van der Waals surface area contributed by atoms with Crippen LogP contribution < -0.4 is 5.43 Å². The monoisotopic (exact) mass is 387 g/mol. The Balaban J connectivity index is 1.43. The number of aromatic nitrogens is 1. The highest BCUT2D eigenvalue weighted by Gasteiger charge is 2.04. The molecule has 0 saturated carbocycles. The average molecular weight is 387 g/mol. The van der Waals surface area contributed by atoms with E-state index in [9.17, 15) is 4.39 Å². The fourth-order valence-electron chi connectivity index (χ4n) is 2.88. The van der Waals surface area contributed by atoms with E-state index in [-0.39, 0.29) is 5.82 Å². The molecule has 5 heteroatoms. The molecule has 3 nitrogen and oxygen atoms in total. The predicted octanol–water partition coefficient (Wildman–Crippen LogP) is 6.37. The molecule has 0 saturated heterocycles. The van der Waals surface area contributed by atoms with E-state index in [1.54, 1.807) is 18.3 Å². The summed E-state index contributed by atoms with van der Waals surface area (Å²) in [6.45, 7) is 1.98. The maximum Gasteiger partial charge on any atom is 0.203 e.